The summed E-state index contributed by atoms with van der Waals surface area (Å²) in [5, 5.41) is -0.00337. The Morgan fingerprint density at radius 2 is 1.77 bits per heavy atom. The van der Waals surface area contributed by atoms with Crippen molar-refractivity contribution in [1.82, 2.24) is 0 Å². The number of aryl methyl sites for hydroxylation is 1. The van der Waals surface area contributed by atoms with E-state index in [0.29, 0.717) is 6.61 Å². The topological polar surface area (TPSA) is 61.5 Å². The average molecular weight is 374 g/mol. The van der Waals surface area contributed by atoms with Crippen LogP contribution in [0.3, 0.4) is 0 Å². The quantitative estimate of drug-likeness (QED) is 0.642. The number of nitrogens with two attached hydrogens (primary N) is 1. The standard InChI is InChI=1S/C21H27NO3S/c1-3-25-21(23)20(22)19(14-11-16-7-5-4-6-8-16)26-15-17-9-12-18(24-2)13-10-17/h4-10,12-13,19-20H,3,11,14-15,22H2,1-2H3/t19-,20-/m1/s1. The molecule has 26 heavy (non-hydrogen) atoms. The third kappa shape index (κ3) is 6.39. The highest BCUT2D eigenvalue weighted by atomic mass is 32.2. The highest BCUT2D eigenvalue weighted by Crippen LogP contribution is 2.25. The van der Waals surface area contributed by atoms with Gasteiger partial charge in [-0.25, -0.2) is 0 Å². The lowest BCUT2D eigenvalue weighted by molar-refractivity contribution is -0.144. The Bertz CT molecular complexity index is 661. The molecule has 0 unspecified atom stereocenters. The molecule has 2 aromatic carbocycles. The lowest BCUT2D eigenvalue weighted by Crippen LogP contribution is -2.41. The van der Waals surface area contributed by atoms with Crippen molar-refractivity contribution in [2.75, 3.05) is 13.7 Å². The zero-order valence-corrected chi connectivity index (χ0v) is 16.2. The molecule has 4 nitrogen and oxygen atoms in total. The van der Waals surface area contributed by atoms with Crippen LogP contribution < -0.4 is 10.5 Å². The van der Waals surface area contributed by atoms with Crippen LogP contribution in [0.25, 0.3) is 0 Å². The van der Waals surface area contributed by atoms with Crippen molar-refractivity contribution in [1.29, 1.82) is 0 Å². The Morgan fingerprint density at radius 3 is 2.38 bits per heavy atom. The molecule has 0 aliphatic carbocycles. The third-order valence-electron chi connectivity index (χ3n) is 4.14. The molecular weight excluding hydrogens is 346 g/mol. The van der Waals surface area contributed by atoms with Gasteiger partial charge in [0, 0.05) is 11.0 Å². The van der Waals surface area contributed by atoms with Crippen LogP contribution in [0.4, 0.5) is 0 Å². The summed E-state index contributed by atoms with van der Waals surface area (Å²) in [6.07, 6.45) is 1.71. The molecule has 2 aromatic rings. The number of hydrogen-bond acceptors (Lipinski definition) is 5. The van der Waals surface area contributed by atoms with E-state index in [1.165, 1.54) is 11.1 Å². The Balaban J connectivity index is 1.99. The van der Waals surface area contributed by atoms with Crippen molar-refractivity contribution in [2.45, 2.75) is 36.8 Å². The predicted octanol–water partition coefficient (Wildman–Crippen LogP) is 3.82. The van der Waals surface area contributed by atoms with Gasteiger partial charge >= 0.3 is 5.97 Å². The summed E-state index contributed by atoms with van der Waals surface area (Å²) >= 11 is 1.70. The molecule has 0 heterocycles. The summed E-state index contributed by atoms with van der Waals surface area (Å²) in [5.74, 6) is 1.30. The maximum Gasteiger partial charge on any atom is 0.324 e. The number of hydrogen-bond donors (Lipinski definition) is 1. The second kappa shape index (κ2) is 10.9. The van der Waals surface area contributed by atoms with Gasteiger partial charge in [0.05, 0.1) is 13.7 Å². The van der Waals surface area contributed by atoms with Gasteiger partial charge in [-0.15, -0.1) is 0 Å². The van der Waals surface area contributed by atoms with Crippen molar-refractivity contribution in [3.63, 3.8) is 0 Å². The van der Waals surface area contributed by atoms with Crippen molar-refractivity contribution >= 4 is 17.7 Å². The number of esters is 1. The summed E-state index contributed by atoms with van der Waals surface area (Å²) in [6, 6.07) is 17.6. The summed E-state index contributed by atoms with van der Waals surface area (Å²) in [4.78, 5) is 12.1. The lowest BCUT2D eigenvalue weighted by Gasteiger charge is -2.22. The smallest absolute Gasteiger partial charge is 0.324 e. The minimum absolute atomic E-state index is 0.00337. The molecular formula is C21H27NO3S. The molecule has 0 aliphatic heterocycles. The number of rotatable bonds is 10. The van der Waals surface area contributed by atoms with Crippen LogP contribution in [0.5, 0.6) is 5.75 Å². The fourth-order valence-electron chi connectivity index (χ4n) is 2.64. The minimum Gasteiger partial charge on any atom is -0.497 e. The molecule has 0 aromatic heterocycles. The Hall–Kier alpha value is -1.98. The van der Waals surface area contributed by atoms with Gasteiger partial charge in [-0.1, -0.05) is 42.5 Å². The number of thioether (sulfide) groups is 1. The van der Waals surface area contributed by atoms with Gasteiger partial charge in [-0.2, -0.15) is 11.8 Å². The van der Waals surface area contributed by atoms with E-state index < -0.39 is 6.04 Å². The van der Waals surface area contributed by atoms with Crippen LogP contribution in [0.15, 0.2) is 54.6 Å². The van der Waals surface area contributed by atoms with E-state index in [4.69, 9.17) is 15.2 Å². The van der Waals surface area contributed by atoms with Gasteiger partial charge in [0.2, 0.25) is 0 Å². The predicted molar refractivity (Wildman–Crippen MR) is 107 cm³/mol. The first kappa shape index (κ1) is 20.3. The Morgan fingerprint density at radius 1 is 1.08 bits per heavy atom. The number of methoxy groups -OCH3 is 1. The molecule has 0 aliphatic rings. The SMILES string of the molecule is CCOC(=O)[C@H](N)[C@@H](CCc1ccccc1)SCc1ccc(OC)cc1. The molecule has 2 rings (SSSR count). The molecule has 0 radical (unpaired) electrons. The summed E-state index contributed by atoms with van der Waals surface area (Å²) < 4.78 is 10.3. The molecule has 140 valence electrons. The molecule has 0 spiro atoms. The molecule has 0 saturated heterocycles. The first-order valence-corrected chi connectivity index (χ1v) is 9.89. The van der Waals surface area contributed by atoms with E-state index in [0.717, 1.165) is 24.3 Å². The van der Waals surface area contributed by atoms with Gasteiger partial charge in [0.1, 0.15) is 11.8 Å². The highest BCUT2D eigenvalue weighted by molar-refractivity contribution is 7.99. The van der Waals surface area contributed by atoms with Gasteiger partial charge in [0.15, 0.2) is 0 Å². The van der Waals surface area contributed by atoms with Crippen LogP contribution >= 0.6 is 11.8 Å². The normalized spacial score (nSPS) is 13.0. The van der Waals surface area contributed by atoms with E-state index in [1.54, 1.807) is 25.8 Å². The molecule has 5 heteroatoms. The maximum atomic E-state index is 12.1. The molecule has 0 bridgehead atoms. The minimum atomic E-state index is -0.623. The molecule has 0 fully saturated rings. The van der Waals surface area contributed by atoms with Gasteiger partial charge < -0.3 is 15.2 Å². The molecule has 2 N–H and O–H groups in total. The number of carbonyl (C=O) groups excluding carboxylic acids is 1. The Kier molecular flexibility index (Phi) is 8.51. The van der Waals surface area contributed by atoms with E-state index in [-0.39, 0.29) is 11.2 Å². The number of carbonyl (C=O) groups is 1. The van der Waals surface area contributed by atoms with Crippen molar-refractivity contribution < 1.29 is 14.3 Å². The highest BCUT2D eigenvalue weighted by Gasteiger charge is 2.26. The van der Waals surface area contributed by atoms with Crippen molar-refractivity contribution in [3.05, 3.63) is 65.7 Å². The van der Waals surface area contributed by atoms with E-state index in [1.807, 2.05) is 42.5 Å². The second-order valence-corrected chi connectivity index (χ2v) is 7.23. The Labute approximate surface area is 160 Å². The zero-order valence-electron chi connectivity index (χ0n) is 15.4. The molecule has 0 amide bonds. The average Bonchev–Trinajstić information content (AvgIpc) is 2.69. The summed E-state index contributed by atoms with van der Waals surface area (Å²) in [5.41, 5.74) is 8.63. The van der Waals surface area contributed by atoms with Crippen molar-refractivity contribution in [2.24, 2.45) is 5.73 Å². The van der Waals surface area contributed by atoms with E-state index >= 15 is 0 Å². The van der Waals surface area contributed by atoms with Crippen LogP contribution in [0.1, 0.15) is 24.5 Å². The molecule has 2 atom stereocenters. The van der Waals surface area contributed by atoms with Crippen LogP contribution in [-0.2, 0) is 21.7 Å². The fraction of sp³-hybridized carbons (Fsp3) is 0.381. The fourth-order valence-corrected chi connectivity index (χ4v) is 3.84. The number of ether oxygens (including phenoxy) is 2. The van der Waals surface area contributed by atoms with Crippen LogP contribution in [-0.4, -0.2) is 31.0 Å². The zero-order chi connectivity index (χ0) is 18.8. The third-order valence-corrected chi connectivity index (χ3v) is 5.60. The van der Waals surface area contributed by atoms with Crippen LogP contribution in [0.2, 0.25) is 0 Å². The van der Waals surface area contributed by atoms with Crippen LogP contribution in [0, 0.1) is 0 Å². The largest absolute Gasteiger partial charge is 0.497 e. The summed E-state index contributed by atoms with van der Waals surface area (Å²) in [6.45, 7) is 2.15. The molecule has 0 saturated carbocycles. The van der Waals surface area contributed by atoms with Gasteiger partial charge in [-0.3, -0.25) is 4.79 Å². The maximum absolute atomic E-state index is 12.1. The summed E-state index contributed by atoms with van der Waals surface area (Å²) in [7, 11) is 1.65. The lowest BCUT2D eigenvalue weighted by atomic mass is 10.0. The van der Waals surface area contributed by atoms with Gasteiger partial charge in [0.25, 0.3) is 0 Å². The van der Waals surface area contributed by atoms with Gasteiger partial charge in [-0.05, 0) is 43.0 Å². The first-order chi connectivity index (χ1) is 12.6. The van der Waals surface area contributed by atoms with E-state index in [9.17, 15) is 4.79 Å². The number of benzene rings is 2. The van der Waals surface area contributed by atoms with E-state index in [2.05, 4.69) is 12.1 Å². The second-order valence-electron chi connectivity index (χ2n) is 6.00. The first-order valence-electron chi connectivity index (χ1n) is 8.84. The monoisotopic (exact) mass is 373 g/mol. The van der Waals surface area contributed by atoms with Crippen molar-refractivity contribution in [3.8, 4) is 5.75 Å².